The van der Waals surface area contributed by atoms with Gasteiger partial charge >= 0.3 is 11.9 Å². The Hall–Kier alpha value is -1.83. The molecule has 27 heavy (non-hydrogen) atoms. The quantitative estimate of drug-likeness (QED) is 0.178. The van der Waals surface area contributed by atoms with Crippen molar-refractivity contribution in [3.8, 4) is 0 Å². The van der Waals surface area contributed by atoms with E-state index in [2.05, 4.69) is 15.4 Å². The molecule has 7 N–H and O–H groups in total. The van der Waals surface area contributed by atoms with Crippen LogP contribution >= 0.6 is 0 Å². The van der Waals surface area contributed by atoms with Crippen LogP contribution in [-0.2, 0) is 19.1 Å². The largest absolute Gasteiger partial charge is 0.829 e. The summed E-state index contributed by atoms with van der Waals surface area (Å²) in [5.74, 6) is -3.46. The van der Waals surface area contributed by atoms with Crippen molar-refractivity contribution in [3.05, 3.63) is 0 Å². The number of hydrogen-bond acceptors (Lipinski definition) is 9. The fourth-order valence-electron chi connectivity index (χ4n) is 2.46. The smallest absolute Gasteiger partial charge is 0.326 e. The Bertz CT molecular complexity index is 531. The van der Waals surface area contributed by atoms with Crippen LogP contribution in [-0.4, -0.2) is 92.7 Å². The summed E-state index contributed by atoms with van der Waals surface area (Å²) in [6.45, 7) is 1.80. The number of amides is 1. The Kier molecular flexibility index (Phi) is 9.02. The first-order valence-electron chi connectivity index (χ1n) is 8.41. The molecule has 1 rings (SSSR count). The third-order valence-electron chi connectivity index (χ3n) is 4.18. The maximum Gasteiger partial charge on any atom is 0.326 e. The van der Waals surface area contributed by atoms with Crippen LogP contribution in [0, 0.1) is 0 Å². The summed E-state index contributed by atoms with van der Waals surface area (Å²) >= 11 is 0. The molecule has 1 amide bonds. The number of aliphatic hydroxyl groups excluding tert-OH is 3. The molecule has 12 nitrogen and oxygen atoms in total. The predicted molar refractivity (Wildman–Crippen MR) is 85.2 cm³/mol. The minimum absolute atomic E-state index is 0.0129. The monoisotopic (exact) mass is 393 g/mol. The van der Waals surface area contributed by atoms with E-state index in [1.807, 2.05) is 0 Å². The topological polar surface area (TPSA) is 209 Å². The molecule has 156 valence electrons. The maximum absolute atomic E-state index is 12.1. The summed E-state index contributed by atoms with van der Waals surface area (Å²) in [6, 6.07) is -2.08. The predicted octanol–water partition coefficient (Wildman–Crippen LogP) is -4.04. The summed E-state index contributed by atoms with van der Waals surface area (Å²) in [5.41, 5.74) is 0. The van der Waals surface area contributed by atoms with Crippen molar-refractivity contribution in [2.45, 2.75) is 69.0 Å². The maximum atomic E-state index is 12.1. The fourth-order valence-corrected chi connectivity index (χ4v) is 2.46. The van der Waals surface area contributed by atoms with Crippen LogP contribution < -0.4 is 15.7 Å². The number of nitrogens with one attached hydrogen (secondary N) is 2. The highest BCUT2D eigenvalue weighted by molar-refractivity contribution is 5.86. The number of aliphatic hydroxyl groups is 3. The van der Waals surface area contributed by atoms with E-state index in [4.69, 9.17) is 5.11 Å². The van der Waals surface area contributed by atoms with E-state index in [9.17, 15) is 39.9 Å². The average Bonchev–Trinajstić information content (AvgIpc) is 2.60. The summed E-state index contributed by atoms with van der Waals surface area (Å²) < 4.78 is 4.63. The molecule has 0 saturated carbocycles. The Morgan fingerprint density at radius 2 is 1.67 bits per heavy atom. The molecule has 0 aromatic rings. The number of ether oxygens (including phenoxy) is 1. The molecular formula is C15H25N2O10-. The van der Waals surface area contributed by atoms with Crippen LogP contribution in [0.5, 0.6) is 0 Å². The summed E-state index contributed by atoms with van der Waals surface area (Å²) in [6.07, 6.45) is -8.87. The standard InChI is InChI=1S/C15H25N2O10/c1-6(13(22)23)16-5-3-2-4-7(14(24)25)17-12(21)11-9(19)8(18)10(20)15(26)27-11/h6-11,15-16,18-20H,2-5H2,1H3,(H,17,21)(H,22,23)(H,24,25)/q-1/t6-,7+,8+,9-,10-,11+,15+/m1/s1. The second kappa shape index (κ2) is 10.5. The van der Waals surface area contributed by atoms with Gasteiger partial charge in [0.05, 0.1) is 6.10 Å². The molecule has 0 radical (unpaired) electrons. The Balaban J connectivity index is 2.50. The summed E-state index contributed by atoms with van der Waals surface area (Å²) in [5, 5.41) is 62.8. The van der Waals surface area contributed by atoms with E-state index < -0.39 is 60.6 Å². The third-order valence-corrected chi connectivity index (χ3v) is 4.18. The van der Waals surface area contributed by atoms with E-state index in [1.54, 1.807) is 0 Å². The number of carboxylic acids is 2. The number of aliphatic carboxylic acids is 2. The first-order valence-corrected chi connectivity index (χ1v) is 8.41. The molecule has 1 aliphatic heterocycles. The van der Waals surface area contributed by atoms with Gasteiger partial charge in [-0.25, -0.2) is 4.79 Å². The van der Waals surface area contributed by atoms with Crippen molar-refractivity contribution in [1.29, 1.82) is 0 Å². The first kappa shape index (κ1) is 23.2. The van der Waals surface area contributed by atoms with E-state index in [-0.39, 0.29) is 6.42 Å². The molecule has 1 heterocycles. The first-order chi connectivity index (χ1) is 12.6. The molecule has 0 spiro atoms. The molecule has 1 aliphatic rings. The van der Waals surface area contributed by atoms with Gasteiger partial charge in [0.1, 0.15) is 24.3 Å². The molecular weight excluding hydrogens is 368 g/mol. The molecule has 1 saturated heterocycles. The normalized spacial score (nSPS) is 30.3. The molecule has 0 bridgehead atoms. The van der Waals surface area contributed by atoms with Crippen LogP contribution in [0.4, 0.5) is 0 Å². The zero-order chi connectivity index (χ0) is 20.7. The SMILES string of the molecule is C[C@@H](NCCCC[C@H](NC(=O)[C@H]1O[C@H]([O-])[C@H](O)[C@@H](O)[C@H]1O)C(=O)O)C(=O)O. The van der Waals surface area contributed by atoms with Gasteiger partial charge in [0.25, 0.3) is 5.91 Å². The highest BCUT2D eigenvalue weighted by Crippen LogP contribution is 2.19. The van der Waals surface area contributed by atoms with Gasteiger partial charge in [-0.05, 0) is 32.7 Å². The van der Waals surface area contributed by atoms with Gasteiger partial charge in [-0.2, -0.15) is 0 Å². The van der Waals surface area contributed by atoms with Gasteiger partial charge in [-0.3, -0.25) is 9.59 Å². The Morgan fingerprint density at radius 1 is 1.04 bits per heavy atom. The summed E-state index contributed by atoms with van der Waals surface area (Å²) in [4.78, 5) is 34.0. The molecule has 0 aromatic carbocycles. The third kappa shape index (κ3) is 6.68. The number of hydrogen-bond donors (Lipinski definition) is 7. The highest BCUT2D eigenvalue weighted by Gasteiger charge is 2.43. The van der Waals surface area contributed by atoms with Crippen molar-refractivity contribution in [2.75, 3.05) is 6.54 Å². The van der Waals surface area contributed by atoms with Gasteiger partial charge in [0.15, 0.2) is 6.10 Å². The number of carboxylic acid groups (broad SMARTS) is 2. The van der Waals surface area contributed by atoms with E-state index in [0.717, 1.165) is 0 Å². The van der Waals surface area contributed by atoms with Crippen LogP contribution in [0.15, 0.2) is 0 Å². The molecule has 0 aromatic heterocycles. The van der Waals surface area contributed by atoms with Crippen molar-refractivity contribution in [2.24, 2.45) is 0 Å². The van der Waals surface area contributed by atoms with Crippen molar-refractivity contribution in [3.63, 3.8) is 0 Å². The number of carbonyl (C=O) groups is 3. The van der Waals surface area contributed by atoms with Crippen molar-refractivity contribution >= 4 is 17.8 Å². The zero-order valence-corrected chi connectivity index (χ0v) is 14.6. The van der Waals surface area contributed by atoms with Crippen LogP contribution in [0.1, 0.15) is 26.2 Å². The van der Waals surface area contributed by atoms with Crippen molar-refractivity contribution in [1.82, 2.24) is 10.6 Å². The lowest BCUT2D eigenvalue weighted by Gasteiger charge is -2.43. The lowest BCUT2D eigenvalue weighted by atomic mass is 9.98. The van der Waals surface area contributed by atoms with Gasteiger partial charge in [-0.1, -0.05) is 0 Å². The minimum atomic E-state index is -2.16. The second-order valence-electron chi connectivity index (χ2n) is 6.31. The molecule has 0 unspecified atom stereocenters. The minimum Gasteiger partial charge on any atom is -0.829 e. The zero-order valence-electron chi connectivity index (χ0n) is 14.6. The fraction of sp³-hybridized carbons (Fsp3) is 0.800. The number of carbonyl (C=O) groups excluding carboxylic acids is 1. The van der Waals surface area contributed by atoms with Crippen molar-refractivity contribution < 1.29 is 49.8 Å². The van der Waals surface area contributed by atoms with Gasteiger partial charge in [0, 0.05) is 6.29 Å². The summed E-state index contributed by atoms with van der Waals surface area (Å²) in [7, 11) is 0. The lowest BCUT2D eigenvalue weighted by Crippen LogP contribution is -2.65. The lowest BCUT2D eigenvalue weighted by molar-refractivity contribution is -0.529. The van der Waals surface area contributed by atoms with E-state index >= 15 is 0 Å². The van der Waals surface area contributed by atoms with Gasteiger partial charge < -0.3 is 46.0 Å². The number of rotatable bonds is 10. The van der Waals surface area contributed by atoms with Gasteiger partial charge in [-0.15, -0.1) is 0 Å². The average molecular weight is 393 g/mol. The molecule has 0 aliphatic carbocycles. The number of unbranched alkanes of at least 4 members (excludes halogenated alkanes) is 1. The van der Waals surface area contributed by atoms with Gasteiger partial charge in [0.2, 0.25) is 0 Å². The van der Waals surface area contributed by atoms with Crippen LogP contribution in [0.25, 0.3) is 0 Å². The Morgan fingerprint density at radius 3 is 2.22 bits per heavy atom. The van der Waals surface area contributed by atoms with Crippen LogP contribution in [0.2, 0.25) is 0 Å². The molecule has 12 heteroatoms. The second-order valence-corrected chi connectivity index (χ2v) is 6.31. The Labute approximate surface area is 154 Å². The molecule has 1 fully saturated rings. The molecule has 7 atom stereocenters. The van der Waals surface area contributed by atoms with E-state index in [0.29, 0.717) is 19.4 Å². The highest BCUT2D eigenvalue weighted by atomic mass is 16.6. The van der Waals surface area contributed by atoms with Crippen LogP contribution in [0.3, 0.4) is 0 Å². The van der Waals surface area contributed by atoms with E-state index in [1.165, 1.54) is 6.92 Å².